The zero-order valence-corrected chi connectivity index (χ0v) is 22.3. The van der Waals surface area contributed by atoms with Crippen molar-refractivity contribution in [3.8, 4) is 22.3 Å². The molecule has 5 heterocycles. The Morgan fingerprint density at radius 1 is 0.775 bits per heavy atom. The number of likely N-dealkylation sites (N-methyl/N-ethyl adjacent to an activating group) is 1. The van der Waals surface area contributed by atoms with Gasteiger partial charge in [-0.15, -0.1) is 0 Å². The van der Waals surface area contributed by atoms with Crippen LogP contribution in [0.25, 0.3) is 44.2 Å². The summed E-state index contributed by atoms with van der Waals surface area (Å²) < 4.78 is 29.6. The summed E-state index contributed by atoms with van der Waals surface area (Å²) in [6.07, 6.45) is 5.28. The van der Waals surface area contributed by atoms with Gasteiger partial charge in [-0.25, -0.2) is 23.7 Å². The molecule has 2 saturated heterocycles. The van der Waals surface area contributed by atoms with Gasteiger partial charge in [0.05, 0.1) is 11.2 Å². The van der Waals surface area contributed by atoms with Crippen LogP contribution in [-0.4, -0.2) is 84.2 Å². The van der Waals surface area contributed by atoms with E-state index in [1.165, 1.54) is 6.07 Å². The summed E-state index contributed by atoms with van der Waals surface area (Å²) in [5.41, 5.74) is 5.22. The largest absolute Gasteiger partial charge is 0.367 e. The molecule has 0 atom stereocenters. The molecule has 0 saturated carbocycles. The molecular weight excluding hydrogens is 510 g/mol. The molecule has 3 aromatic heterocycles. The minimum Gasteiger partial charge on any atom is -0.367 e. The Morgan fingerprint density at radius 3 is 2.40 bits per heavy atom. The van der Waals surface area contributed by atoms with Crippen molar-refractivity contribution in [2.45, 2.75) is 0 Å². The Morgan fingerprint density at radius 2 is 1.57 bits per heavy atom. The maximum atomic E-state index is 14.8. The molecule has 10 heteroatoms. The minimum atomic E-state index is -0.855. The summed E-state index contributed by atoms with van der Waals surface area (Å²) in [7, 11) is 2.14. The molecule has 0 radical (unpaired) electrons. The first-order valence-electron chi connectivity index (χ1n) is 13.7. The number of piperazine rings is 2. The first kappa shape index (κ1) is 24.9. The number of fused-ring (bicyclic) bond motifs is 2. The molecule has 0 spiro atoms. The van der Waals surface area contributed by atoms with Crippen molar-refractivity contribution in [2.24, 2.45) is 0 Å². The van der Waals surface area contributed by atoms with Crippen LogP contribution in [0.1, 0.15) is 0 Å². The van der Waals surface area contributed by atoms with Gasteiger partial charge in [0, 0.05) is 86.7 Å². The maximum absolute atomic E-state index is 14.8. The number of H-pyrrole nitrogens is 1. The smallest absolute Gasteiger partial charge is 0.182 e. The molecule has 0 unspecified atom stereocenters. The summed E-state index contributed by atoms with van der Waals surface area (Å²) in [5.74, 6) is -0.719. The highest BCUT2D eigenvalue weighted by Crippen LogP contribution is 2.36. The van der Waals surface area contributed by atoms with E-state index in [0.717, 1.165) is 83.7 Å². The zero-order valence-electron chi connectivity index (χ0n) is 22.3. The summed E-state index contributed by atoms with van der Waals surface area (Å²) in [5, 5.41) is 5.16. The molecule has 0 aliphatic carbocycles. The summed E-state index contributed by atoms with van der Waals surface area (Å²) in [6.45, 7) is 6.53. The number of hydrogen-bond acceptors (Lipinski definition) is 7. The highest BCUT2D eigenvalue weighted by molar-refractivity contribution is 6.00. The molecule has 0 bridgehead atoms. The number of rotatable bonds is 4. The first-order valence-corrected chi connectivity index (χ1v) is 13.7. The van der Waals surface area contributed by atoms with Crippen LogP contribution >= 0.6 is 0 Å². The summed E-state index contributed by atoms with van der Waals surface area (Å²) >= 11 is 0. The fourth-order valence-corrected chi connectivity index (χ4v) is 5.76. The maximum Gasteiger partial charge on any atom is 0.182 e. The van der Waals surface area contributed by atoms with Crippen molar-refractivity contribution < 1.29 is 8.78 Å². The van der Waals surface area contributed by atoms with E-state index in [1.807, 2.05) is 23.2 Å². The van der Waals surface area contributed by atoms with Gasteiger partial charge in [-0.1, -0.05) is 6.07 Å². The second kappa shape index (κ2) is 10.1. The van der Waals surface area contributed by atoms with Crippen LogP contribution in [0.3, 0.4) is 0 Å². The average Bonchev–Trinajstić information content (AvgIpc) is 3.42. The molecule has 40 heavy (non-hydrogen) atoms. The van der Waals surface area contributed by atoms with E-state index in [1.54, 1.807) is 18.6 Å². The van der Waals surface area contributed by atoms with Gasteiger partial charge in [0.1, 0.15) is 17.8 Å². The number of nitrogens with zero attached hydrogens (tertiary/aromatic N) is 6. The van der Waals surface area contributed by atoms with Gasteiger partial charge >= 0.3 is 0 Å². The van der Waals surface area contributed by atoms with E-state index in [-0.39, 0.29) is 5.69 Å². The third-order valence-corrected chi connectivity index (χ3v) is 8.06. The third kappa shape index (κ3) is 4.43. The molecule has 5 aromatic rings. The first-order chi connectivity index (χ1) is 19.5. The molecule has 2 aliphatic rings. The number of hydrogen-bond donors (Lipinski definition) is 2. The quantitative estimate of drug-likeness (QED) is 0.353. The Bertz CT molecular complexity index is 1700. The average molecular weight is 541 g/mol. The number of aromatic nitrogens is 4. The Labute approximate surface area is 230 Å². The van der Waals surface area contributed by atoms with Gasteiger partial charge < -0.3 is 25.0 Å². The van der Waals surface area contributed by atoms with E-state index < -0.39 is 11.6 Å². The molecule has 7 rings (SSSR count). The number of benzene rings is 2. The van der Waals surface area contributed by atoms with Crippen LogP contribution in [0.2, 0.25) is 0 Å². The Balaban J connectivity index is 1.29. The Hall–Kier alpha value is -4.15. The van der Waals surface area contributed by atoms with E-state index in [9.17, 15) is 8.78 Å². The molecule has 204 valence electrons. The van der Waals surface area contributed by atoms with Crippen LogP contribution < -0.4 is 15.1 Å². The van der Waals surface area contributed by atoms with Crippen molar-refractivity contribution in [2.75, 3.05) is 69.2 Å². The topological polar surface area (TPSA) is 76.2 Å². The molecule has 2 aliphatic heterocycles. The van der Waals surface area contributed by atoms with E-state index >= 15 is 0 Å². The number of nitrogens with one attached hydrogen (secondary N) is 2. The lowest BCUT2D eigenvalue weighted by Gasteiger charge is -2.33. The predicted octanol–water partition coefficient (Wildman–Crippen LogP) is 4.28. The monoisotopic (exact) mass is 540 g/mol. The number of pyridine rings is 1. The highest BCUT2D eigenvalue weighted by Gasteiger charge is 2.21. The van der Waals surface area contributed by atoms with E-state index in [0.29, 0.717) is 18.7 Å². The predicted molar refractivity (Wildman–Crippen MR) is 155 cm³/mol. The second-order valence-corrected chi connectivity index (χ2v) is 10.6. The molecule has 2 fully saturated rings. The minimum absolute atomic E-state index is 0.289. The van der Waals surface area contributed by atoms with Crippen LogP contribution in [0, 0.1) is 11.6 Å². The Kier molecular flexibility index (Phi) is 6.28. The lowest BCUT2D eigenvalue weighted by atomic mass is 10.00. The standard InChI is InChI=1S/C30H30F2N8/c1-38-8-10-40(11-9-38)30-23-12-19(2-3-26(23)36-18-37-30)24-17-35-29-22(24)13-21(16-34-29)20-14-25(31)28(32)27(15-20)39-6-4-33-5-7-39/h2-3,12-18,33H,4-11H2,1H3,(H,34,35). The van der Waals surface area contributed by atoms with Crippen LogP contribution in [0.4, 0.5) is 20.3 Å². The summed E-state index contributed by atoms with van der Waals surface area (Å²) in [4.78, 5) is 23.6. The van der Waals surface area contributed by atoms with Crippen molar-refractivity contribution >= 4 is 33.4 Å². The third-order valence-electron chi connectivity index (χ3n) is 8.06. The second-order valence-electron chi connectivity index (χ2n) is 10.6. The van der Waals surface area contributed by atoms with Gasteiger partial charge in [-0.05, 0) is 48.5 Å². The fraction of sp³-hybridized carbons (Fsp3) is 0.300. The van der Waals surface area contributed by atoms with Gasteiger partial charge in [0.25, 0.3) is 0 Å². The van der Waals surface area contributed by atoms with E-state index in [2.05, 4.69) is 54.2 Å². The van der Waals surface area contributed by atoms with E-state index in [4.69, 9.17) is 0 Å². The van der Waals surface area contributed by atoms with Crippen molar-refractivity contribution in [1.82, 2.24) is 30.2 Å². The van der Waals surface area contributed by atoms with Gasteiger partial charge in [0.2, 0.25) is 0 Å². The highest BCUT2D eigenvalue weighted by atomic mass is 19.2. The molecule has 8 nitrogen and oxygen atoms in total. The van der Waals surface area contributed by atoms with Gasteiger partial charge in [0.15, 0.2) is 11.6 Å². The fourth-order valence-electron chi connectivity index (χ4n) is 5.76. The lowest BCUT2D eigenvalue weighted by molar-refractivity contribution is 0.312. The number of anilines is 2. The van der Waals surface area contributed by atoms with Crippen molar-refractivity contribution in [3.63, 3.8) is 0 Å². The summed E-state index contributed by atoms with van der Waals surface area (Å²) in [6, 6.07) is 11.2. The molecule has 0 amide bonds. The van der Waals surface area contributed by atoms with Crippen LogP contribution in [0.15, 0.2) is 55.1 Å². The number of halogens is 2. The van der Waals surface area contributed by atoms with Crippen molar-refractivity contribution in [1.29, 1.82) is 0 Å². The zero-order chi connectivity index (χ0) is 27.2. The van der Waals surface area contributed by atoms with Gasteiger partial charge in [-0.2, -0.15) is 0 Å². The van der Waals surface area contributed by atoms with Crippen molar-refractivity contribution in [3.05, 3.63) is 66.8 Å². The molecular formula is C30H30F2N8. The molecule has 2 N–H and O–H groups in total. The van der Waals surface area contributed by atoms with Crippen LogP contribution in [0.5, 0.6) is 0 Å². The van der Waals surface area contributed by atoms with Gasteiger partial charge in [-0.3, -0.25) is 0 Å². The SMILES string of the molecule is CN1CCN(c2ncnc3ccc(-c4c[nH]c5ncc(-c6cc(F)c(F)c(N7CCNCC7)c6)cc45)cc23)CC1. The normalized spacial score (nSPS) is 16.8. The number of aromatic amines is 1. The molecule has 2 aromatic carbocycles. The van der Waals surface area contributed by atoms with Crippen LogP contribution in [-0.2, 0) is 0 Å². The lowest BCUT2D eigenvalue weighted by Crippen LogP contribution is -2.44.